The Labute approximate surface area is 393 Å². The summed E-state index contributed by atoms with van der Waals surface area (Å²) in [6.45, 7) is 7.76. The van der Waals surface area contributed by atoms with Crippen LogP contribution in [0.4, 0.5) is 0 Å². The van der Waals surface area contributed by atoms with Gasteiger partial charge in [0.1, 0.15) is 19.3 Å². The van der Waals surface area contributed by atoms with E-state index in [2.05, 4.69) is 20.8 Å². The first-order valence-corrected chi connectivity index (χ1v) is 29.2. The summed E-state index contributed by atoms with van der Waals surface area (Å²) in [4.78, 5) is 26.6. The number of hydrogen-bond donors (Lipinski definition) is 0. The standard InChI is InChI=1S/C54H110NO7P/c1-7-10-13-16-19-22-25-28-29-32-35-38-41-44-48-59-50-53(51-61-63(57,58)60-49-47-55(4,5)6)62-54(56)52(45-42-39-36-33-30-26-23-20-17-14-11-8-2)46-43-40-37-34-31-27-24-21-18-15-12-9-3/h52-53H,7-51H2,1-6H3/t53-/m1/s1. The van der Waals surface area contributed by atoms with Gasteiger partial charge in [0, 0.05) is 6.61 Å². The number of ether oxygens (including phenoxy) is 2. The van der Waals surface area contributed by atoms with Crippen LogP contribution < -0.4 is 4.89 Å². The zero-order chi connectivity index (χ0) is 46.4. The fraction of sp³-hybridized carbons (Fsp3) is 0.981. The number of hydrogen-bond acceptors (Lipinski definition) is 7. The van der Waals surface area contributed by atoms with Crippen molar-refractivity contribution in [1.29, 1.82) is 0 Å². The van der Waals surface area contributed by atoms with Gasteiger partial charge in [-0.3, -0.25) is 9.36 Å². The van der Waals surface area contributed by atoms with Gasteiger partial charge in [-0.15, -0.1) is 0 Å². The van der Waals surface area contributed by atoms with Crippen LogP contribution >= 0.6 is 7.82 Å². The van der Waals surface area contributed by atoms with Gasteiger partial charge in [0.05, 0.1) is 40.3 Å². The third-order valence-corrected chi connectivity index (χ3v) is 13.8. The second-order valence-corrected chi connectivity index (χ2v) is 21.8. The highest BCUT2D eigenvalue weighted by Gasteiger charge is 2.25. The third kappa shape index (κ3) is 47.8. The van der Waals surface area contributed by atoms with E-state index in [9.17, 15) is 14.3 Å². The Morgan fingerprint density at radius 2 is 0.762 bits per heavy atom. The molecule has 0 radical (unpaired) electrons. The number of esters is 1. The van der Waals surface area contributed by atoms with Crippen molar-refractivity contribution >= 4 is 13.8 Å². The Bertz CT molecular complexity index is 964. The first-order chi connectivity index (χ1) is 30.5. The van der Waals surface area contributed by atoms with E-state index < -0.39 is 13.9 Å². The lowest BCUT2D eigenvalue weighted by Crippen LogP contribution is -2.37. The van der Waals surface area contributed by atoms with Gasteiger partial charge < -0.3 is 27.9 Å². The first-order valence-electron chi connectivity index (χ1n) is 27.7. The molecule has 0 saturated carbocycles. The average molecular weight is 916 g/mol. The zero-order valence-electron chi connectivity index (χ0n) is 43.2. The lowest BCUT2D eigenvalue weighted by Gasteiger charge is -2.28. The number of carbonyl (C=O) groups is 1. The highest BCUT2D eigenvalue weighted by Crippen LogP contribution is 2.38. The molecule has 1 unspecified atom stereocenters. The van der Waals surface area contributed by atoms with Gasteiger partial charge in [0.15, 0.2) is 0 Å². The van der Waals surface area contributed by atoms with E-state index in [1.807, 2.05) is 21.1 Å². The maximum Gasteiger partial charge on any atom is 0.309 e. The van der Waals surface area contributed by atoms with E-state index in [4.69, 9.17) is 18.5 Å². The highest BCUT2D eigenvalue weighted by atomic mass is 31.2. The molecule has 0 aromatic carbocycles. The van der Waals surface area contributed by atoms with Gasteiger partial charge >= 0.3 is 5.97 Å². The van der Waals surface area contributed by atoms with Crippen LogP contribution in [0.15, 0.2) is 0 Å². The van der Waals surface area contributed by atoms with Crippen molar-refractivity contribution < 1.29 is 37.3 Å². The minimum Gasteiger partial charge on any atom is -0.756 e. The van der Waals surface area contributed by atoms with E-state index in [0.717, 1.165) is 51.4 Å². The van der Waals surface area contributed by atoms with Gasteiger partial charge in [-0.05, 0) is 19.3 Å². The molecule has 63 heavy (non-hydrogen) atoms. The fourth-order valence-corrected chi connectivity index (χ4v) is 9.20. The second-order valence-electron chi connectivity index (χ2n) is 20.4. The molecule has 0 bridgehead atoms. The molecule has 0 aliphatic carbocycles. The van der Waals surface area contributed by atoms with Crippen LogP contribution in [-0.4, -0.2) is 70.7 Å². The van der Waals surface area contributed by atoms with Crippen molar-refractivity contribution in [1.82, 2.24) is 0 Å². The van der Waals surface area contributed by atoms with Gasteiger partial charge in [-0.1, -0.05) is 258 Å². The largest absolute Gasteiger partial charge is 0.756 e. The van der Waals surface area contributed by atoms with Crippen LogP contribution in [0.1, 0.15) is 278 Å². The van der Waals surface area contributed by atoms with Gasteiger partial charge in [-0.2, -0.15) is 0 Å². The van der Waals surface area contributed by atoms with Crippen molar-refractivity contribution in [2.75, 3.05) is 54.1 Å². The molecule has 0 fully saturated rings. The molecular formula is C54H110NO7P. The monoisotopic (exact) mass is 916 g/mol. The Morgan fingerprint density at radius 1 is 0.444 bits per heavy atom. The molecule has 2 atom stereocenters. The number of phosphoric ester groups is 1. The van der Waals surface area contributed by atoms with Crippen molar-refractivity contribution in [2.24, 2.45) is 5.92 Å². The summed E-state index contributed by atoms with van der Waals surface area (Å²) in [5.41, 5.74) is 0. The van der Waals surface area contributed by atoms with Gasteiger partial charge in [0.2, 0.25) is 0 Å². The molecule has 0 saturated heterocycles. The lowest BCUT2D eigenvalue weighted by molar-refractivity contribution is -0.870. The molecule has 0 heterocycles. The van der Waals surface area contributed by atoms with E-state index in [0.29, 0.717) is 17.6 Å². The normalized spacial score (nSPS) is 13.5. The molecule has 0 aliphatic heterocycles. The molecule has 8 nitrogen and oxygen atoms in total. The Hall–Kier alpha value is -0.500. The molecule has 9 heteroatoms. The van der Waals surface area contributed by atoms with Crippen LogP contribution in [-0.2, 0) is 27.9 Å². The summed E-state index contributed by atoms with van der Waals surface area (Å²) in [6, 6.07) is 0. The summed E-state index contributed by atoms with van der Waals surface area (Å²) in [5.74, 6) is -0.425. The quantitative estimate of drug-likeness (QED) is 0.0260. The number of unbranched alkanes of at least 4 members (excludes halogenated alkanes) is 35. The van der Waals surface area contributed by atoms with Crippen LogP contribution in [0.25, 0.3) is 0 Å². The Kier molecular flexibility index (Phi) is 46.2. The topological polar surface area (TPSA) is 94.1 Å². The molecule has 0 aliphatic rings. The van der Waals surface area contributed by atoms with Crippen molar-refractivity contribution in [2.45, 2.75) is 284 Å². The maximum absolute atomic E-state index is 13.9. The summed E-state index contributed by atoms with van der Waals surface area (Å²) >= 11 is 0. The number of likely N-dealkylation sites (N-methyl/N-ethyl adjacent to an activating group) is 1. The van der Waals surface area contributed by atoms with E-state index in [1.54, 1.807) is 0 Å². The molecular weight excluding hydrogens is 806 g/mol. The van der Waals surface area contributed by atoms with Gasteiger partial charge in [-0.25, -0.2) is 0 Å². The number of nitrogens with zero attached hydrogens (tertiary/aromatic N) is 1. The first kappa shape index (κ1) is 62.5. The van der Waals surface area contributed by atoms with Crippen LogP contribution in [0.3, 0.4) is 0 Å². The summed E-state index contributed by atoms with van der Waals surface area (Å²) < 4.78 is 36.0. The Balaban J connectivity index is 5.04. The third-order valence-electron chi connectivity index (χ3n) is 12.8. The minimum atomic E-state index is -4.57. The number of rotatable bonds is 52. The number of phosphoric acid groups is 1. The highest BCUT2D eigenvalue weighted by molar-refractivity contribution is 7.45. The van der Waals surface area contributed by atoms with E-state index >= 15 is 0 Å². The second kappa shape index (κ2) is 46.6. The van der Waals surface area contributed by atoms with Crippen LogP contribution in [0.5, 0.6) is 0 Å². The maximum atomic E-state index is 13.9. The predicted molar refractivity (Wildman–Crippen MR) is 268 cm³/mol. The smallest absolute Gasteiger partial charge is 0.309 e. The average Bonchev–Trinajstić information content (AvgIpc) is 3.24. The molecule has 0 aromatic heterocycles. The summed E-state index contributed by atoms with van der Waals surface area (Å²) in [6.07, 6.45) is 49.8. The summed E-state index contributed by atoms with van der Waals surface area (Å²) in [5, 5.41) is 0. The molecule has 0 N–H and O–H groups in total. The fourth-order valence-electron chi connectivity index (χ4n) is 8.47. The zero-order valence-corrected chi connectivity index (χ0v) is 44.1. The number of quaternary nitrogens is 1. The van der Waals surface area contributed by atoms with Crippen LogP contribution in [0, 0.1) is 5.92 Å². The van der Waals surface area contributed by atoms with Crippen LogP contribution in [0.2, 0.25) is 0 Å². The molecule has 0 amide bonds. The van der Waals surface area contributed by atoms with E-state index in [-0.39, 0.29) is 31.7 Å². The van der Waals surface area contributed by atoms with Crippen molar-refractivity contribution in [3.63, 3.8) is 0 Å². The number of carbonyl (C=O) groups excluding carboxylic acids is 1. The molecule has 378 valence electrons. The molecule has 0 aromatic rings. The van der Waals surface area contributed by atoms with Gasteiger partial charge in [0.25, 0.3) is 7.82 Å². The predicted octanol–water partition coefficient (Wildman–Crippen LogP) is 16.4. The van der Waals surface area contributed by atoms with E-state index in [1.165, 1.54) is 205 Å². The van der Waals surface area contributed by atoms with Crippen molar-refractivity contribution in [3.8, 4) is 0 Å². The summed E-state index contributed by atoms with van der Waals surface area (Å²) in [7, 11) is 1.38. The van der Waals surface area contributed by atoms with Crippen molar-refractivity contribution in [3.05, 3.63) is 0 Å². The minimum absolute atomic E-state index is 0.0323. The molecule has 0 spiro atoms. The SMILES string of the molecule is CCCCCCCCCCCCCCCCOC[C@H](COP(=O)([O-])OCC[N+](C)(C)C)OC(=O)C(CCCCCCCCCCCCCC)CCCCCCCCCCCCCC. The lowest BCUT2D eigenvalue weighted by atomic mass is 9.94. The Morgan fingerprint density at radius 3 is 1.10 bits per heavy atom. The molecule has 0 rings (SSSR count).